The maximum Gasteiger partial charge on any atom is 0.0382 e. The Hall–Kier alpha value is -0.860. The third kappa shape index (κ3) is 4.14. The zero-order valence-electron chi connectivity index (χ0n) is 10.6. The Bertz CT molecular complexity index is 302. The van der Waals surface area contributed by atoms with Gasteiger partial charge < -0.3 is 0 Å². The van der Waals surface area contributed by atoms with Crippen LogP contribution in [-0.2, 0) is 6.54 Å². The quantitative estimate of drug-likeness (QED) is 0.638. The topological polar surface area (TPSA) is 29.3 Å². The molecule has 1 aliphatic rings. The Balaban J connectivity index is 1.87. The monoisotopic (exact) mass is 232 g/mol. The summed E-state index contributed by atoms with van der Waals surface area (Å²) in [6.07, 6.45) is 9.40. The van der Waals surface area contributed by atoms with E-state index in [1.54, 1.807) is 0 Å². The molecule has 0 unspecified atom stereocenters. The van der Waals surface area contributed by atoms with Gasteiger partial charge in [0.15, 0.2) is 0 Å². The fourth-order valence-corrected chi connectivity index (χ4v) is 2.69. The number of hydrogen-bond donors (Lipinski definition) is 1. The lowest BCUT2D eigenvalue weighted by molar-refractivity contribution is 0.160. The molecule has 2 N–H and O–H groups in total. The second-order valence-corrected chi connectivity index (χ2v) is 5.16. The number of hydrazine groups is 1. The van der Waals surface area contributed by atoms with Gasteiger partial charge in [-0.1, -0.05) is 62.4 Å². The van der Waals surface area contributed by atoms with E-state index in [0.717, 1.165) is 6.54 Å². The van der Waals surface area contributed by atoms with Crippen LogP contribution < -0.4 is 5.84 Å². The Kier molecular flexibility index (Phi) is 5.02. The lowest BCUT2D eigenvalue weighted by Crippen LogP contribution is -2.40. The molecule has 0 aromatic heterocycles. The average Bonchev–Trinajstić information content (AvgIpc) is 2.29. The van der Waals surface area contributed by atoms with E-state index in [-0.39, 0.29) is 0 Å². The molecule has 0 spiro atoms. The lowest BCUT2D eigenvalue weighted by atomic mass is 9.96. The number of benzene rings is 1. The highest BCUT2D eigenvalue weighted by molar-refractivity contribution is 5.14. The van der Waals surface area contributed by atoms with Crippen molar-refractivity contribution in [3.05, 3.63) is 35.9 Å². The van der Waals surface area contributed by atoms with E-state index < -0.39 is 0 Å². The van der Waals surface area contributed by atoms with Crippen LogP contribution in [-0.4, -0.2) is 11.1 Å². The molecule has 2 rings (SSSR count). The second-order valence-electron chi connectivity index (χ2n) is 5.16. The van der Waals surface area contributed by atoms with Gasteiger partial charge in [0, 0.05) is 12.6 Å². The molecule has 17 heavy (non-hydrogen) atoms. The van der Waals surface area contributed by atoms with Crippen molar-refractivity contribution in [2.45, 2.75) is 57.5 Å². The van der Waals surface area contributed by atoms with Crippen LogP contribution in [0.1, 0.15) is 50.5 Å². The highest BCUT2D eigenvalue weighted by Gasteiger charge is 2.16. The normalized spacial score (nSPS) is 18.9. The van der Waals surface area contributed by atoms with Crippen LogP contribution in [0.2, 0.25) is 0 Å². The van der Waals surface area contributed by atoms with Crippen molar-refractivity contribution in [2.75, 3.05) is 0 Å². The van der Waals surface area contributed by atoms with Gasteiger partial charge in [0.2, 0.25) is 0 Å². The number of hydrogen-bond acceptors (Lipinski definition) is 2. The van der Waals surface area contributed by atoms with Crippen LogP contribution in [0.3, 0.4) is 0 Å². The largest absolute Gasteiger partial charge is 0.268 e. The molecule has 0 aliphatic heterocycles. The molecule has 1 fully saturated rings. The molecule has 0 heterocycles. The van der Waals surface area contributed by atoms with Crippen molar-refractivity contribution in [1.29, 1.82) is 0 Å². The molecule has 0 radical (unpaired) electrons. The molecule has 0 bridgehead atoms. The molecule has 2 heteroatoms. The van der Waals surface area contributed by atoms with Gasteiger partial charge in [0.25, 0.3) is 0 Å². The molecule has 1 aromatic rings. The molecule has 1 aliphatic carbocycles. The second kappa shape index (κ2) is 6.77. The number of nitrogens with two attached hydrogens (primary N) is 1. The Labute approximate surface area is 105 Å². The van der Waals surface area contributed by atoms with E-state index in [2.05, 4.69) is 35.3 Å². The molecule has 0 saturated heterocycles. The summed E-state index contributed by atoms with van der Waals surface area (Å²) in [5.41, 5.74) is 1.32. The summed E-state index contributed by atoms with van der Waals surface area (Å²) in [5.74, 6) is 6.23. The molecule has 0 atom stereocenters. The van der Waals surface area contributed by atoms with E-state index >= 15 is 0 Å². The lowest BCUT2D eigenvalue weighted by Gasteiger charge is -2.29. The number of nitrogens with zero attached hydrogens (tertiary/aromatic N) is 1. The van der Waals surface area contributed by atoms with Gasteiger partial charge >= 0.3 is 0 Å². The summed E-state index contributed by atoms with van der Waals surface area (Å²) in [6.45, 7) is 0.880. The predicted molar refractivity (Wildman–Crippen MR) is 72.3 cm³/mol. The van der Waals surface area contributed by atoms with Crippen LogP contribution in [0.15, 0.2) is 30.3 Å². The summed E-state index contributed by atoms with van der Waals surface area (Å²) < 4.78 is 0. The number of rotatable bonds is 3. The fraction of sp³-hybridized carbons (Fsp3) is 0.600. The first-order valence-electron chi connectivity index (χ1n) is 6.91. The van der Waals surface area contributed by atoms with Crippen LogP contribution in [0.25, 0.3) is 0 Å². The van der Waals surface area contributed by atoms with Gasteiger partial charge in [-0.3, -0.25) is 5.84 Å². The van der Waals surface area contributed by atoms with Crippen molar-refractivity contribution in [3.63, 3.8) is 0 Å². The first-order chi connectivity index (χ1) is 8.36. The van der Waals surface area contributed by atoms with Gasteiger partial charge in [-0.05, 0) is 18.4 Å². The third-order valence-electron chi connectivity index (χ3n) is 3.75. The minimum Gasteiger partial charge on any atom is -0.268 e. The minimum atomic E-state index is 0.579. The van der Waals surface area contributed by atoms with Crippen molar-refractivity contribution in [3.8, 4) is 0 Å². The van der Waals surface area contributed by atoms with E-state index in [0.29, 0.717) is 6.04 Å². The van der Waals surface area contributed by atoms with Gasteiger partial charge in [-0.2, -0.15) is 0 Å². The van der Waals surface area contributed by atoms with Crippen molar-refractivity contribution in [1.82, 2.24) is 5.01 Å². The molecule has 1 aromatic carbocycles. The Morgan fingerprint density at radius 3 is 2.18 bits per heavy atom. The van der Waals surface area contributed by atoms with Gasteiger partial charge in [-0.15, -0.1) is 0 Å². The van der Waals surface area contributed by atoms with Crippen LogP contribution in [0.4, 0.5) is 0 Å². The zero-order chi connectivity index (χ0) is 11.9. The first kappa shape index (κ1) is 12.6. The standard InChI is InChI=1S/C15H24N2/c16-17(13-14-9-5-4-6-10-14)15-11-7-2-1-3-8-12-15/h4-6,9-10,15H,1-3,7-8,11-13,16H2. The van der Waals surface area contributed by atoms with E-state index in [1.807, 2.05) is 0 Å². The van der Waals surface area contributed by atoms with E-state index in [4.69, 9.17) is 5.84 Å². The Morgan fingerprint density at radius 1 is 0.941 bits per heavy atom. The molecular weight excluding hydrogens is 208 g/mol. The first-order valence-corrected chi connectivity index (χ1v) is 6.91. The predicted octanol–water partition coefficient (Wildman–Crippen LogP) is 3.48. The van der Waals surface area contributed by atoms with Crippen molar-refractivity contribution in [2.24, 2.45) is 5.84 Å². The van der Waals surface area contributed by atoms with Crippen molar-refractivity contribution < 1.29 is 0 Å². The maximum absolute atomic E-state index is 6.23. The van der Waals surface area contributed by atoms with Crippen LogP contribution >= 0.6 is 0 Å². The van der Waals surface area contributed by atoms with Crippen LogP contribution in [0, 0.1) is 0 Å². The highest BCUT2D eigenvalue weighted by Crippen LogP contribution is 2.20. The molecular formula is C15H24N2. The molecule has 2 nitrogen and oxygen atoms in total. The summed E-state index contributed by atoms with van der Waals surface area (Å²) >= 11 is 0. The fourth-order valence-electron chi connectivity index (χ4n) is 2.69. The summed E-state index contributed by atoms with van der Waals surface area (Å²) in [7, 11) is 0. The van der Waals surface area contributed by atoms with Gasteiger partial charge in [0.05, 0.1) is 0 Å². The summed E-state index contributed by atoms with van der Waals surface area (Å²) in [6, 6.07) is 11.1. The Morgan fingerprint density at radius 2 is 1.53 bits per heavy atom. The van der Waals surface area contributed by atoms with Crippen molar-refractivity contribution >= 4 is 0 Å². The minimum absolute atomic E-state index is 0.579. The smallest absolute Gasteiger partial charge is 0.0382 e. The average molecular weight is 232 g/mol. The SMILES string of the molecule is NN(Cc1ccccc1)C1CCCCCCC1. The van der Waals surface area contributed by atoms with E-state index in [9.17, 15) is 0 Å². The zero-order valence-corrected chi connectivity index (χ0v) is 10.6. The maximum atomic E-state index is 6.23. The molecule has 1 saturated carbocycles. The third-order valence-corrected chi connectivity index (χ3v) is 3.75. The molecule has 0 amide bonds. The van der Waals surface area contributed by atoms with Crippen LogP contribution in [0.5, 0.6) is 0 Å². The van der Waals surface area contributed by atoms with Gasteiger partial charge in [0.1, 0.15) is 0 Å². The molecule has 94 valence electrons. The van der Waals surface area contributed by atoms with Gasteiger partial charge in [-0.25, -0.2) is 5.01 Å². The van der Waals surface area contributed by atoms with E-state index in [1.165, 1.54) is 50.5 Å². The summed E-state index contributed by atoms with van der Waals surface area (Å²) in [5, 5.41) is 2.06. The highest BCUT2D eigenvalue weighted by atomic mass is 15.4. The summed E-state index contributed by atoms with van der Waals surface area (Å²) in [4.78, 5) is 0.